The molecule has 0 unspecified atom stereocenters. The number of nitrogens with zero attached hydrogens (tertiary/aromatic N) is 16. The van der Waals surface area contributed by atoms with Gasteiger partial charge in [-0.15, -0.1) is 0 Å². The molecule has 2 aromatic carbocycles. The molecule has 18 atom stereocenters. The lowest BCUT2D eigenvalue weighted by molar-refractivity contribution is -0.293. The second kappa shape index (κ2) is 29.8. The lowest BCUT2D eigenvalue weighted by Crippen LogP contribution is -2.62. The van der Waals surface area contributed by atoms with E-state index in [0.717, 1.165) is 38.8 Å². The van der Waals surface area contributed by atoms with E-state index >= 15 is 0 Å². The van der Waals surface area contributed by atoms with Crippen LogP contribution in [0.5, 0.6) is 0 Å². The van der Waals surface area contributed by atoms with Gasteiger partial charge < -0.3 is 52.1 Å². The lowest BCUT2D eigenvalue weighted by Gasteiger charge is -2.47. The summed E-state index contributed by atoms with van der Waals surface area (Å²) in [5.41, 5.74) is 50.1. The predicted octanol–water partition coefficient (Wildman–Crippen LogP) is 7.75. The molecule has 0 spiro atoms. The Balaban J connectivity index is 1.40. The lowest BCUT2D eigenvalue weighted by atomic mass is 9.83. The molecule has 6 rings (SSSR count). The minimum absolute atomic E-state index is 0.0419. The van der Waals surface area contributed by atoms with Crippen LogP contribution in [0.2, 0.25) is 0 Å². The molecular weight excluding hydrogens is 1060 g/mol. The van der Waals surface area contributed by atoms with Crippen LogP contribution in [-0.4, -0.2) is 152 Å². The van der Waals surface area contributed by atoms with Gasteiger partial charge >= 0.3 is 30.0 Å². The Morgan fingerprint density at radius 3 is 1.74 bits per heavy atom. The number of ether oxygens (including phenoxy) is 11. The van der Waals surface area contributed by atoms with Crippen LogP contribution in [0.3, 0.4) is 0 Å². The van der Waals surface area contributed by atoms with E-state index in [1.165, 1.54) is 4.90 Å². The zero-order chi connectivity index (χ0) is 57.9. The molecule has 0 N–H and O–H groups in total. The van der Waals surface area contributed by atoms with Crippen molar-refractivity contribution in [2.45, 2.75) is 178 Å². The summed E-state index contributed by atoms with van der Waals surface area (Å²) in [6.45, 7) is 6.64. The number of carbonyl (C=O) groups excluding carboxylic acids is 5. The Labute approximate surface area is 456 Å². The van der Waals surface area contributed by atoms with E-state index < -0.39 is 153 Å². The van der Waals surface area contributed by atoms with Crippen molar-refractivity contribution in [3.8, 4) is 0 Å². The van der Waals surface area contributed by atoms with Crippen LogP contribution in [0.25, 0.3) is 52.2 Å². The van der Waals surface area contributed by atoms with Crippen LogP contribution < -0.4 is 0 Å². The van der Waals surface area contributed by atoms with E-state index in [1.807, 2.05) is 48.5 Å². The molecule has 2 aromatic rings. The van der Waals surface area contributed by atoms with Crippen LogP contribution in [-0.2, 0) is 84.4 Å². The van der Waals surface area contributed by atoms with Gasteiger partial charge in [-0.2, -0.15) is 0 Å². The molecule has 0 bridgehead atoms. The maximum atomic E-state index is 14.1. The van der Waals surface area contributed by atoms with Gasteiger partial charge in [-0.1, -0.05) is 93.2 Å². The highest BCUT2D eigenvalue weighted by molar-refractivity contribution is 5.68. The van der Waals surface area contributed by atoms with Crippen molar-refractivity contribution in [1.29, 1.82) is 0 Å². The Hall–Kier alpha value is -8.10. The molecule has 1 saturated carbocycles. The smallest absolute Gasteiger partial charge is 0.410 e. The van der Waals surface area contributed by atoms with Crippen molar-refractivity contribution < 1.29 is 76.1 Å². The van der Waals surface area contributed by atoms with Crippen LogP contribution >= 0.6 is 0 Å². The van der Waals surface area contributed by atoms with Gasteiger partial charge in [0.15, 0.2) is 25.0 Å². The number of carbonyl (C=O) groups is 5. The zero-order valence-electron chi connectivity index (χ0n) is 44.3. The van der Waals surface area contributed by atoms with E-state index in [2.05, 4.69) is 50.1 Å². The molecular formula is C48H60N16O16. The quantitative estimate of drug-likeness (QED) is 0.0337. The fourth-order valence-electron chi connectivity index (χ4n) is 9.94. The summed E-state index contributed by atoms with van der Waals surface area (Å²) in [7, 11) is 0. The fraction of sp³-hybridized carbons (Fsp3) is 0.646. The first kappa shape index (κ1) is 61.1. The molecule has 3 aliphatic heterocycles. The Morgan fingerprint density at radius 2 is 1.14 bits per heavy atom. The molecule has 32 nitrogen and oxygen atoms in total. The monoisotopic (exact) mass is 1120 g/mol. The Morgan fingerprint density at radius 1 is 0.588 bits per heavy atom. The van der Waals surface area contributed by atoms with E-state index in [0.29, 0.717) is 0 Å². The van der Waals surface area contributed by atoms with Gasteiger partial charge in [-0.05, 0) is 65.0 Å². The zero-order valence-corrected chi connectivity index (χ0v) is 44.3. The van der Waals surface area contributed by atoms with Crippen molar-refractivity contribution in [1.82, 2.24) is 4.90 Å². The Bertz CT molecular complexity index is 2720. The predicted molar refractivity (Wildman–Crippen MR) is 271 cm³/mol. The number of hydrogen-bond acceptors (Lipinski definition) is 21. The summed E-state index contributed by atoms with van der Waals surface area (Å²) in [4.78, 5) is 81.0. The molecule has 80 heavy (non-hydrogen) atoms. The minimum Gasteiger partial charge on any atom is -0.463 e. The maximum Gasteiger partial charge on any atom is 0.410 e. The summed E-state index contributed by atoms with van der Waals surface area (Å²) < 4.78 is 67.4. The summed E-state index contributed by atoms with van der Waals surface area (Å²) in [5, 5.41) is 19.2. The summed E-state index contributed by atoms with van der Waals surface area (Å²) >= 11 is 0. The topological polar surface area (TPSA) is 434 Å². The van der Waals surface area contributed by atoms with Crippen LogP contribution in [0.1, 0.15) is 71.9 Å². The average molecular weight is 1120 g/mol. The molecule has 1 aliphatic carbocycles. The van der Waals surface area contributed by atoms with Crippen molar-refractivity contribution in [2.24, 2.45) is 31.5 Å². The van der Waals surface area contributed by atoms with Gasteiger partial charge in [-0.3, -0.25) is 24.1 Å². The highest BCUT2D eigenvalue weighted by Crippen LogP contribution is 2.41. The second-order valence-electron chi connectivity index (χ2n) is 18.9. The minimum atomic E-state index is -1.86. The molecule has 428 valence electrons. The molecule has 0 radical (unpaired) electrons. The first-order valence-corrected chi connectivity index (χ1v) is 25.3. The molecule has 3 saturated heterocycles. The van der Waals surface area contributed by atoms with Gasteiger partial charge in [0.1, 0.15) is 49.8 Å². The van der Waals surface area contributed by atoms with Gasteiger partial charge in [0.25, 0.3) is 0 Å². The normalized spacial score (nSPS) is 31.0. The summed E-state index contributed by atoms with van der Waals surface area (Å²) in [5.74, 6) is -4.28. The molecule has 32 heteroatoms. The molecule has 3 heterocycles. The van der Waals surface area contributed by atoms with Crippen molar-refractivity contribution in [3.05, 3.63) is 124 Å². The number of amides is 1. The van der Waals surface area contributed by atoms with Crippen molar-refractivity contribution in [2.75, 3.05) is 13.2 Å². The highest BCUT2D eigenvalue weighted by Gasteiger charge is 2.57. The van der Waals surface area contributed by atoms with E-state index in [9.17, 15) is 51.6 Å². The fourth-order valence-corrected chi connectivity index (χ4v) is 9.94. The number of azide groups is 5. The first-order valence-electron chi connectivity index (χ1n) is 25.3. The summed E-state index contributed by atoms with van der Waals surface area (Å²) in [6.07, 6.45) is -18.7. The van der Waals surface area contributed by atoms with E-state index in [4.69, 9.17) is 52.1 Å². The van der Waals surface area contributed by atoms with Gasteiger partial charge in [-0.25, -0.2) is 4.79 Å². The summed E-state index contributed by atoms with van der Waals surface area (Å²) in [6, 6.07) is 12.3. The van der Waals surface area contributed by atoms with Gasteiger partial charge in [0.2, 0.25) is 0 Å². The molecule has 0 aromatic heterocycles. The van der Waals surface area contributed by atoms with Gasteiger partial charge in [0.05, 0.1) is 49.0 Å². The molecule has 4 aliphatic rings. The van der Waals surface area contributed by atoms with Crippen LogP contribution in [0, 0.1) is 5.92 Å². The largest absolute Gasteiger partial charge is 0.463 e. The third-order valence-electron chi connectivity index (χ3n) is 13.5. The maximum absolute atomic E-state index is 14.1. The van der Waals surface area contributed by atoms with Crippen molar-refractivity contribution in [3.63, 3.8) is 0 Å². The van der Waals surface area contributed by atoms with Crippen LogP contribution in [0.15, 0.2) is 86.2 Å². The van der Waals surface area contributed by atoms with E-state index in [-0.39, 0.29) is 32.4 Å². The standard InChI is InChI=1S/C48H60N16O16/c1-24-38(58-63-53)46(76-36(20-54-59-49)39(24)72-27(4)66)79-42-37(23-70-26(3)65)77-47(44(42)74-29(6)68)80-43-40(73-28(5)67)33(56-61-51)19-34(57-62-52)41(43)78-45-32(55-60-50)17-18-35(75-45)25(2)64(21-30-13-9-7-10-14-30)48(69)71-22-31-15-11-8-12-16-31/h7-16,24-25,32-47H,17-23H2,1-6H3/t24-,25-,32-,33-,34+,35+,36+,37-,38-,39+,40+,41-,42-,43-,44-,45-,46-,47+/m1/s1. The highest BCUT2D eigenvalue weighted by atomic mass is 16.8. The van der Waals surface area contributed by atoms with Crippen LogP contribution in [0.4, 0.5) is 4.79 Å². The number of esters is 4. The second-order valence-corrected chi connectivity index (χ2v) is 18.9. The van der Waals surface area contributed by atoms with Crippen molar-refractivity contribution >= 4 is 30.0 Å². The average Bonchev–Trinajstić information content (AvgIpc) is 3.73. The van der Waals surface area contributed by atoms with Gasteiger partial charge in [0, 0.05) is 64.7 Å². The van der Waals surface area contributed by atoms with E-state index in [1.54, 1.807) is 26.0 Å². The number of rotatable bonds is 23. The number of hydrogen-bond donors (Lipinski definition) is 0. The SMILES string of the molecule is CC(=O)OC[C@H]1O[C@@H](O[C@@H]2[C@@H](OC(C)=O)[C@H](N=[N+]=[N-])C[C@H](N=[N+]=[N-])[C@H]2O[C@H]2O[C@H]([C@@H](C)N(Cc3ccccc3)C(=O)OCc3ccccc3)CC[C@H]2N=[N+]=[N-])[C@H](OC(C)=O)[C@@H]1O[C@H]1O[C@@H](CN=[N+]=[N-])[C@@H](OC(C)=O)[C@H](C)[C@H]1N=[N+]=[N-]. The number of benzene rings is 2. The third kappa shape index (κ3) is 16.2. The molecule has 4 fully saturated rings. The molecule has 1 amide bonds. The first-order chi connectivity index (χ1) is 38.5. The third-order valence-corrected chi connectivity index (χ3v) is 13.5. The Kier molecular flexibility index (Phi) is 22.7.